The van der Waals surface area contributed by atoms with Crippen LogP contribution in [0.4, 0.5) is 5.95 Å². The monoisotopic (exact) mass is 362 g/mol. The molecule has 0 saturated carbocycles. The maximum absolute atomic E-state index is 12.6. The van der Waals surface area contributed by atoms with Gasteiger partial charge in [-0.15, -0.1) is 0 Å². The van der Waals surface area contributed by atoms with E-state index in [1.54, 1.807) is 56.6 Å². The van der Waals surface area contributed by atoms with E-state index in [-0.39, 0.29) is 0 Å². The van der Waals surface area contributed by atoms with Gasteiger partial charge in [-0.05, 0) is 26.0 Å². The van der Waals surface area contributed by atoms with Crippen molar-refractivity contribution in [3.63, 3.8) is 0 Å². The highest BCUT2D eigenvalue weighted by atomic mass is 32.2. The number of hydrogen-bond donors (Lipinski definition) is 1. The highest BCUT2D eigenvalue weighted by Crippen LogP contribution is 2.21. The van der Waals surface area contributed by atoms with E-state index in [2.05, 4.69) is 9.97 Å². The van der Waals surface area contributed by atoms with Crippen molar-refractivity contribution in [1.29, 1.82) is 0 Å². The van der Waals surface area contributed by atoms with Crippen molar-refractivity contribution in [3.05, 3.63) is 48.3 Å². The third-order valence-corrected chi connectivity index (χ3v) is 6.16. The minimum absolute atomic E-state index is 0.314. The van der Waals surface area contributed by atoms with Gasteiger partial charge in [0.05, 0.1) is 10.5 Å². The molecular formula is C17H22N4O3S. The average Bonchev–Trinajstić information content (AvgIpc) is 2.62. The van der Waals surface area contributed by atoms with Crippen LogP contribution in [0.15, 0.2) is 47.6 Å². The lowest BCUT2D eigenvalue weighted by Gasteiger charge is -2.34. The van der Waals surface area contributed by atoms with Gasteiger partial charge in [0.2, 0.25) is 16.0 Å². The largest absolute Gasteiger partial charge is 0.386 e. The molecule has 0 unspecified atom stereocenters. The Hall–Kier alpha value is -2.03. The second-order valence-corrected chi connectivity index (χ2v) is 8.47. The van der Waals surface area contributed by atoms with Crippen molar-refractivity contribution in [3.8, 4) is 0 Å². The van der Waals surface area contributed by atoms with Crippen LogP contribution in [0, 0.1) is 0 Å². The summed E-state index contributed by atoms with van der Waals surface area (Å²) in [6.07, 6.45) is 3.21. The van der Waals surface area contributed by atoms with Crippen molar-refractivity contribution in [2.45, 2.75) is 24.3 Å². The van der Waals surface area contributed by atoms with E-state index in [4.69, 9.17) is 0 Å². The zero-order valence-corrected chi connectivity index (χ0v) is 15.1. The Morgan fingerprint density at radius 2 is 1.56 bits per heavy atom. The molecule has 3 rings (SSSR count). The number of nitrogens with zero attached hydrogens (tertiary/aromatic N) is 4. The number of benzene rings is 1. The Morgan fingerprint density at radius 3 is 2.08 bits per heavy atom. The zero-order valence-electron chi connectivity index (χ0n) is 14.3. The molecule has 1 N–H and O–H groups in total. The molecule has 1 saturated heterocycles. The van der Waals surface area contributed by atoms with E-state index >= 15 is 0 Å². The summed E-state index contributed by atoms with van der Waals surface area (Å²) in [7, 11) is -3.46. The van der Waals surface area contributed by atoms with Crippen LogP contribution in [-0.2, 0) is 15.6 Å². The first-order chi connectivity index (χ1) is 11.8. The summed E-state index contributed by atoms with van der Waals surface area (Å²) < 4.78 is 26.8. The summed E-state index contributed by atoms with van der Waals surface area (Å²) >= 11 is 0. The Labute approximate surface area is 148 Å². The van der Waals surface area contributed by atoms with E-state index < -0.39 is 15.6 Å². The lowest BCUT2D eigenvalue weighted by atomic mass is 10.0. The maximum atomic E-state index is 12.6. The molecule has 1 fully saturated rings. The van der Waals surface area contributed by atoms with Crippen molar-refractivity contribution in [1.82, 2.24) is 14.3 Å². The zero-order chi connectivity index (χ0) is 18.1. The first-order valence-corrected chi connectivity index (χ1v) is 9.57. The summed E-state index contributed by atoms with van der Waals surface area (Å²) in [5.41, 5.74) is -0.345. The molecule has 1 aliphatic rings. The van der Waals surface area contributed by atoms with Gasteiger partial charge < -0.3 is 10.0 Å². The van der Waals surface area contributed by atoms with Crippen molar-refractivity contribution < 1.29 is 13.5 Å². The lowest BCUT2D eigenvalue weighted by molar-refractivity contribution is 0.0778. The van der Waals surface area contributed by atoms with Crippen LogP contribution in [0.3, 0.4) is 0 Å². The van der Waals surface area contributed by atoms with Gasteiger partial charge in [-0.25, -0.2) is 18.4 Å². The lowest BCUT2D eigenvalue weighted by Crippen LogP contribution is -2.49. The Bertz CT molecular complexity index is 809. The molecule has 0 atom stereocenters. The van der Waals surface area contributed by atoms with Crippen molar-refractivity contribution in [2.75, 3.05) is 31.1 Å². The molecule has 7 nitrogen and oxygen atoms in total. The minimum atomic E-state index is -3.46. The van der Waals surface area contributed by atoms with Gasteiger partial charge in [-0.2, -0.15) is 4.31 Å². The summed E-state index contributed by atoms with van der Waals surface area (Å²) in [4.78, 5) is 10.9. The molecule has 8 heteroatoms. The first kappa shape index (κ1) is 17.8. The Kier molecular flexibility index (Phi) is 4.77. The molecule has 1 aromatic heterocycles. The summed E-state index contributed by atoms with van der Waals surface area (Å²) in [6, 6.07) is 8.47. The second kappa shape index (κ2) is 6.70. The third-order valence-electron chi connectivity index (χ3n) is 4.25. The summed E-state index contributed by atoms with van der Waals surface area (Å²) in [6.45, 7) is 5.17. The van der Waals surface area contributed by atoms with Crippen molar-refractivity contribution in [2.24, 2.45) is 0 Å². The second-order valence-electron chi connectivity index (χ2n) is 6.53. The molecule has 2 aromatic rings. The van der Waals surface area contributed by atoms with Gasteiger partial charge in [0.15, 0.2) is 0 Å². The number of hydrogen-bond acceptors (Lipinski definition) is 6. The smallest absolute Gasteiger partial charge is 0.243 e. The van der Waals surface area contributed by atoms with E-state index in [1.807, 2.05) is 4.90 Å². The number of anilines is 1. The molecule has 0 bridgehead atoms. The summed E-state index contributed by atoms with van der Waals surface area (Å²) in [5, 5.41) is 9.96. The van der Waals surface area contributed by atoms with Crippen LogP contribution in [0.5, 0.6) is 0 Å². The van der Waals surface area contributed by atoms with Crippen molar-refractivity contribution >= 4 is 16.0 Å². The number of rotatable bonds is 4. The highest BCUT2D eigenvalue weighted by Gasteiger charge is 2.29. The van der Waals surface area contributed by atoms with Crippen LogP contribution in [0.1, 0.15) is 19.4 Å². The van der Waals surface area contributed by atoms with Crippen LogP contribution < -0.4 is 4.90 Å². The molecule has 1 aromatic carbocycles. The fourth-order valence-corrected chi connectivity index (χ4v) is 4.11. The molecular weight excluding hydrogens is 340 g/mol. The number of aromatic nitrogens is 2. The predicted octanol–water partition coefficient (Wildman–Crippen LogP) is 1.21. The van der Waals surface area contributed by atoms with Gasteiger partial charge in [0.25, 0.3) is 0 Å². The molecule has 0 radical (unpaired) electrons. The predicted molar refractivity (Wildman–Crippen MR) is 94.7 cm³/mol. The molecule has 1 aliphatic heterocycles. The van der Waals surface area contributed by atoms with E-state index in [0.29, 0.717) is 42.6 Å². The van der Waals surface area contributed by atoms with Gasteiger partial charge in [-0.3, -0.25) is 0 Å². The molecule has 0 amide bonds. The maximum Gasteiger partial charge on any atom is 0.243 e. The molecule has 25 heavy (non-hydrogen) atoms. The molecule has 0 aliphatic carbocycles. The van der Waals surface area contributed by atoms with Crippen LogP contribution in [0.25, 0.3) is 0 Å². The number of piperazine rings is 1. The van der Waals surface area contributed by atoms with E-state index in [1.165, 1.54) is 4.31 Å². The quantitative estimate of drug-likeness (QED) is 0.880. The van der Waals surface area contributed by atoms with E-state index in [9.17, 15) is 13.5 Å². The first-order valence-electron chi connectivity index (χ1n) is 8.13. The van der Waals surface area contributed by atoms with Crippen LogP contribution in [0.2, 0.25) is 0 Å². The number of sulfonamides is 1. The average molecular weight is 362 g/mol. The van der Waals surface area contributed by atoms with Gasteiger partial charge in [-0.1, -0.05) is 18.2 Å². The fourth-order valence-electron chi connectivity index (χ4n) is 2.67. The standard InChI is InChI=1S/C17H22N4O3S/c1-17(2,22)14-12-18-16(19-13-14)20-8-10-21(11-9-20)25(23,24)15-6-4-3-5-7-15/h3-7,12-13,22H,8-11H2,1-2H3. The highest BCUT2D eigenvalue weighted by molar-refractivity contribution is 7.89. The minimum Gasteiger partial charge on any atom is -0.386 e. The Morgan fingerprint density at radius 1 is 1.00 bits per heavy atom. The van der Waals surface area contributed by atoms with Crippen LogP contribution in [-0.4, -0.2) is 54.0 Å². The summed E-state index contributed by atoms with van der Waals surface area (Å²) in [5.74, 6) is 0.546. The molecule has 2 heterocycles. The number of aliphatic hydroxyl groups is 1. The van der Waals surface area contributed by atoms with Gasteiger partial charge in [0, 0.05) is 44.1 Å². The normalized spacial score (nSPS) is 16.8. The topological polar surface area (TPSA) is 86.6 Å². The molecule has 134 valence electrons. The Balaban J connectivity index is 1.68. The van der Waals surface area contributed by atoms with Gasteiger partial charge in [0.1, 0.15) is 0 Å². The third kappa shape index (κ3) is 3.81. The van der Waals surface area contributed by atoms with Gasteiger partial charge >= 0.3 is 0 Å². The van der Waals surface area contributed by atoms with Crippen LogP contribution >= 0.6 is 0 Å². The fraction of sp³-hybridized carbons (Fsp3) is 0.412. The molecule has 0 spiro atoms. The SMILES string of the molecule is CC(C)(O)c1cnc(N2CCN(S(=O)(=O)c3ccccc3)CC2)nc1. The van der Waals surface area contributed by atoms with E-state index in [0.717, 1.165) is 0 Å².